The number of anilines is 2. The fourth-order valence-corrected chi connectivity index (χ4v) is 1.37. The van der Waals surface area contributed by atoms with Gasteiger partial charge in [0, 0.05) is 29.9 Å². The van der Waals surface area contributed by atoms with Crippen LogP contribution in [-0.2, 0) is 0 Å². The molecule has 11 heavy (non-hydrogen) atoms. The zero-order valence-corrected chi connectivity index (χ0v) is 8.20. The van der Waals surface area contributed by atoms with Gasteiger partial charge in [-0.1, -0.05) is 15.9 Å². The van der Waals surface area contributed by atoms with E-state index in [1.165, 1.54) is 0 Å². The highest BCUT2D eigenvalue weighted by Crippen LogP contribution is 2.21. The van der Waals surface area contributed by atoms with Gasteiger partial charge in [-0.2, -0.15) is 0 Å². The fourth-order valence-electron chi connectivity index (χ4n) is 0.878. The maximum atomic E-state index is 3.41. The Morgan fingerprint density at radius 1 is 1.00 bits per heavy atom. The largest absolute Gasteiger partial charge is 0.388 e. The van der Waals surface area contributed by atoms with Crippen molar-refractivity contribution >= 4 is 27.3 Å². The van der Waals surface area contributed by atoms with E-state index in [9.17, 15) is 0 Å². The summed E-state index contributed by atoms with van der Waals surface area (Å²) >= 11 is 3.41. The maximum Gasteiger partial charge on any atom is 0.0369 e. The molecule has 0 spiro atoms. The van der Waals surface area contributed by atoms with E-state index in [4.69, 9.17) is 0 Å². The minimum atomic E-state index is 1.08. The summed E-state index contributed by atoms with van der Waals surface area (Å²) in [5.41, 5.74) is 2.20. The van der Waals surface area contributed by atoms with Crippen molar-refractivity contribution < 1.29 is 0 Å². The lowest BCUT2D eigenvalue weighted by molar-refractivity contribution is 1.45. The predicted molar refractivity (Wildman–Crippen MR) is 53.2 cm³/mol. The van der Waals surface area contributed by atoms with Gasteiger partial charge in [-0.25, -0.2) is 0 Å². The van der Waals surface area contributed by atoms with Gasteiger partial charge in [0.15, 0.2) is 0 Å². The third kappa shape index (κ3) is 2.12. The first-order valence-corrected chi connectivity index (χ1v) is 4.21. The van der Waals surface area contributed by atoms with Gasteiger partial charge >= 0.3 is 0 Å². The summed E-state index contributed by atoms with van der Waals surface area (Å²) in [6.07, 6.45) is 0. The quantitative estimate of drug-likeness (QED) is 0.792. The number of halogens is 1. The molecule has 0 saturated carbocycles. The molecule has 0 atom stereocenters. The average Bonchev–Trinajstić information content (AvgIpc) is 2.03. The van der Waals surface area contributed by atoms with Crippen LogP contribution in [0.15, 0.2) is 22.7 Å². The fraction of sp³-hybridized carbons (Fsp3) is 0.250. The molecule has 1 aromatic carbocycles. The molecule has 0 radical (unpaired) electrons. The molecule has 0 aliphatic carbocycles. The van der Waals surface area contributed by atoms with Gasteiger partial charge in [0.2, 0.25) is 0 Å². The summed E-state index contributed by atoms with van der Waals surface area (Å²) in [5, 5.41) is 6.14. The summed E-state index contributed by atoms with van der Waals surface area (Å²) in [7, 11) is 3.81. The normalized spacial score (nSPS) is 9.36. The van der Waals surface area contributed by atoms with Gasteiger partial charge in [0.25, 0.3) is 0 Å². The van der Waals surface area contributed by atoms with Crippen molar-refractivity contribution in [1.82, 2.24) is 0 Å². The first-order valence-electron chi connectivity index (χ1n) is 3.42. The lowest BCUT2D eigenvalue weighted by Gasteiger charge is -2.04. The molecule has 0 aliphatic heterocycles. The second kappa shape index (κ2) is 3.62. The van der Waals surface area contributed by atoms with E-state index < -0.39 is 0 Å². The van der Waals surface area contributed by atoms with Gasteiger partial charge in [0.1, 0.15) is 0 Å². The van der Waals surface area contributed by atoms with Crippen LogP contribution in [0.25, 0.3) is 0 Å². The van der Waals surface area contributed by atoms with Crippen LogP contribution < -0.4 is 10.6 Å². The van der Waals surface area contributed by atoms with E-state index >= 15 is 0 Å². The summed E-state index contributed by atoms with van der Waals surface area (Å²) in [5.74, 6) is 0. The van der Waals surface area contributed by atoms with Crippen molar-refractivity contribution in [2.75, 3.05) is 24.7 Å². The van der Waals surface area contributed by atoms with Crippen LogP contribution >= 0.6 is 15.9 Å². The van der Waals surface area contributed by atoms with Crippen LogP contribution in [0.4, 0.5) is 11.4 Å². The predicted octanol–water partition coefficient (Wildman–Crippen LogP) is 2.53. The third-order valence-electron chi connectivity index (χ3n) is 1.48. The van der Waals surface area contributed by atoms with Gasteiger partial charge in [0.05, 0.1) is 0 Å². The number of nitrogens with one attached hydrogen (secondary N) is 2. The third-order valence-corrected chi connectivity index (χ3v) is 1.93. The van der Waals surface area contributed by atoms with Crippen LogP contribution in [0.2, 0.25) is 0 Å². The lowest BCUT2D eigenvalue weighted by Crippen LogP contribution is -1.92. The summed E-state index contributed by atoms with van der Waals surface area (Å²) < 4.78 is 1.08. The van der Waals surface area contributed by atoms with E-state index in [1.54, 1.807) is 0 Å². The highest BCUT2D eigenvalue weighted by molar-refractivity contribution is 9.10. The Morgan fingerprint density at radius 2 is 1.45 bits per heavy atom. The van der Waals surface area contributed by atoms with Crippen molar-refractivity contribution in [2.24, 2.45) is 0 Å². The number of rotatable bonds is 2. The average molecular weight is 215 g/mol. The maximum absolute atomic E-state index is 3.41. The highest BCUT2D eigenvalue weighted by atomic mass is 79.9. The molecule has 2 nitrogen and oxygen atoms in total. The Morgan fingerprint density at radius 3 is 1.82 bits per heavy atom. The van der Waals surface area contributed by atoms with Gasteiger partial charge in [-0.3, -0.25) is 0 Å². The molecule has 0 bridgehead atoms. The van der Waals surface area contributed by atoms with Crippen molar-refractivity contribution in [3.63, 3.8) is 0 Å². The Balaban J connectivity index is 3.02. The standard InChI is InChI=1S/C8H11BrN2/c1-10-7-3-6(9)4-8(5-7)11-2/h3-5,10-11H,1-2H3. The van der Waals surface area contributed by atoms with Crippen molar-refractivity contribution in [1.29, 1.82) is 0 Å². The number of benzene rings is 1. The van der Waals surface area contributed by atoms with Crippen LogP contribution in [-0.4, -0.2) is 14.1 Å². The van der Waals surface area contributed by atoms with Crippen LogP contribution in [0.1, 0.15) is 0 Å². The monoisotopic (exact) mass is 214 g/mol. The zero-order valence-electron chi connectivity index (χ0n) is 6.61. The Bertz CT molecular complexity index is 226. The molecule has 60 valence electrons. The summed E-state index contributed by atoms with van der Waals surface area (Å²) in [4.78, 5) is 0. The molecule has 0 aromatic heterocycles. The van der Waals surface area contributed by atoms with E-state index in [-0.39, 0.29) is 0 Å². The SMILES string of the molecule is CNc1cc(Br)cc(NC)c1. The molecule has 0 heterocycles. The second-order valence-electron chi connectivity index (χ2n) is 2.23. The number of hydrogen-bond donors (Lipinski definition) is 2. The van der Waals surface area contributed by atoms with E-state index in [1.807, 2.05) is 32.3 Å². The smallest absolute Gasteiger partial charge is 0.0369 e. The molecule has 1 rings (SSSR count). The van der Waals surface area contributed by atoms with Crippen molar-refractivity contribution in [3.05, 3.63) is 22.7 Å². The lowest BCUT2D eigenvalue weighted by atomic mass is 10.3. The van der Waals surface area contributed by atoms with E-state index in [2.05, 4.69) is 26.6 Å². The van der Waals surface area contributed by atoms with Gasteiger partial charge < -0.3 is 10.6 Å². The number of hydrogen-bond acceptors (Lipinski definition) is 2. The van der Waals surface area contributed by atoms with Crippen molar-refractivity contribution in [2.45, 2.75) is 0 Å². The van der Waals surface area contributed by atoms with Crippen LogP contribution in [0.5, 0.6) is 0 Å². The van der Waals surface area contributed by atoms with E-state index in [0.29, 0.717) is 0 Å². The van der Waals surface area contributed by atoms with Crippen molar-refractivity contribution in [3.8, 4) is 0 Å². The molecule has 1 aromatic rings. The van der Waals surface area contributed by atoms with Gasteiger partial charge in [-0.15, -0.1) is 0 Å². The topological polar surface area (TPSA) is 24.1 Å². The zero-order chi connectivity index (χ0) is 8.27. The van der Waals surface area contributed by atoms with E-state index in [0.717, 1.165) is 15.8 Å². The van der Waals surface area contributed by atoms with Gasteiger partial charge in [-0.05, 0) is 18.2 Å². The first kappa shape index (κ1) is 8.40. The second-order valence-corrected chi connectivity index (χ2v) is 3.14. The Hall–Kier alpha value is -0.700. The van der Waals surface area contributed by atoms with Crippen LogP contribution in [0, 0.1) is 0 Å². The minimum Gasteiger partial charge on any atom is -0.388 e. The first-order chi connectivity index (χ1) is 5.26. The summed E-state index contributed by atoms with van der Waals surface area (Å²) in [6, 6.07) is 6.10. The highest BCUT2D eigenvalue weighted by Gasteiger charge is 1.94. The summed E-state index contributed by atoms with van der Waals surface area (Å²) in [6.45, 7) is 0. The molecular formula is C8H11BrN2. The Kier molecular flexibility index (Phi) is 2.76. The van der Waals surface area contributed by atoms with Crippen LogP contribution in [0.3, 0.4) is 0 Å². The molecular weight excluding hydrogens is 204 g/mol. The molecule has 2 N–H and O–H groups in total. The minimum absolute atomic E-state index is 1.08. The molecule has 0 aliphatic rings. The molecule has 0 saturated heterocycles. The molecule has 3 heteroatoms. The molecule has 0 unspecified atom stereocenters. The molecule has 0 fully saturated rings. The molecule has 0 amide bonds. The Labute approximate surface area is 75.1 Å².